The Kier molecular flexibility index (Phi) is 7.94. The summed E-state index contributed by atoms with van der Waals surface area (Å²) in [7, 11) is 0. The highest BCUT2D eigenvalue weighted by Crippen LogP contribution is 2.40. The maximum absolute atomic E-state index is 5.28. The van der Waals surface area contributed by atoms with Gasteiger partial charge in [0.2, 0.25) is 0 Å². The Morgan fingerprint density at radius 1 is 0.346 bits per heavy atom. The molecule has 0 N–H and O–H groups in total. The zero-order valence-corrected chi connectivity index (χ0v) is 29.1. The molecule has 0 atom stereocenters. The molecule has 3 nitrogen and oxygen atoms in total. The average molecular weight is 666 g/mol. The molecule has 0 radical (unpaired) electrons. The van der Waals surface area contributed by atoms with Crippen molar-refractivity contribution in [2.75, 3.05) is 0 Å². The van der Waals surface area contributed by atoms with Crippen LogP contribution in [0.5, 0.6) is 0 Å². The minimum absolute atomic E-state index is 0.712. The lowest BCUT2D eigenvalue weighted by molar-refractivity contribution is 1.18. The molecule has 0 saturated heterocycles. The first-order valence-corrected chi connectivity index (χ1v) is 17.7. The standard InChI is InChI=1S/C49H35N3/c1-32-19-23-35(24-20-32)45-31-46(52-49(51-45)37-25-21-33(2)22-26-37)40-16-9-15-38(29-40)39-27-28-44-43(30-39)47-41(34-11-5-3-6-12-34)17-10-18-42(47)48(50-44)36-13-7-4-8-14-36/h3-31H,1-2H3. The Morgan fingerprint density at radius 2 is 0.904 bits per heavy atom. The maximum Gasteiger partial charge on any atom is 0.160 e. The minimum Gasteiger partial charge on any atom is -0.247 e. The Morgan fingerprint density at radius 3 is 1.62 bits per heavy atom. The molecule has 52 heavy (non-hydrogen) atoms. The Labute approximate surface area is 304 Å². The van der Waals surface area contributed by atoms with Crippen LogP contribution in [0.3, 0.4) is 0 Å². The van der Waals surface area contributed by atoms with Gasteiger partial charge >= 0.3 is 0 Å². The van der Waals surface area contributed by atoms with Crippen LogP contribution >= 0.6 is 0 Å². The Balaban J connectivity index is 1.22. The van der Waals surface area contributed by atoms with E-state index >= 15 is 0 Å². The monoisotopic (exact) mass is 665 g/mol. The predicted molar refractivity (Wildman–Crippen MR) is 217 cm³/mol. The first kappa shape index (κ1) is 31.3. The molecular formula is C49H35N3. The van der Waals surface area contributed by atoms with Crippen LogP contribution in [0.1, 0.15) is 11.1 Å². The van der Waals surface area contributed by atoms with Crippen LogP contribution in [-0.2, 0) is 0 Å². The van der Waals surface area contributed by atoms with Crippen molar-refractivity contribution in [3.63, 3.8) is 0 Å². The van der Waals surface area contributed by atoms with Gasteiger partial charge in [-0.2, -0.15) is 0 Å². The number of pyridine rings is 1. The number of fused-ring (bicyclic) bond motifs is 3. The first-order valence-electron chi connectivity index (χ1n) is 17.7. The van der Waals surface area contributed by atoms with Crippen molar-refractivity contribution in [2.24, 2.45) is 0 Å². The van der Waals surface area contributed by atoms with Crippen molar-refractivity contribution in [1.82, 2.24) is 15.0 Å². The molecule has 0 aliphatic rings. The summed E-state index contributed by atoms with van der Waals surface area (Å²) in [5.74, 6) is 0.712. The van der Waals surface area contributed by atoms with Crippen LogP contribution in [0.25, 0.3) is 89.1 Å². The fourth-order valence-electron chi connectivity index (χ4n) is 7.07. The fraction of sp³-hybridized carbons (Fsp3) is 0.0408. The van der Waals surface area contributed by atoms with Gasteiger partial charge < -0.3 is 0 Å². The summed E-state index contributed by atoms with van der Waals surface area (Å²) < 4.78 is 0. The van der Waals surface area contributed by atoms with E-state index in [1.807, 2.05) is 0 Å². The number of nitrogens with zero attached hydrogens (tertiary/aromatic N) is 3. The molecule has 0 aliphatic carbocycles. The molecule has 2 aromatic heterocycles. The lowest BCUT2D eigenvalue weighted by Crippen LogP contribution is -1.96. The van der Waals surface area contributed by atoms with Crippen molar-refractivity contribution < 1.29 is 0 Å². The van der Waals surface area contributed by atoms with E-state index in [-0.39, 0.29) is 0 Å². The zero-order chi connectivity index (χ0) is 35.0. The van der Waals surface area contributed by atoms with Gasteiger partial charge in [-0.05, 0) is 60.4 Å². The Hall–Kier alpha value is -6.71. The first-order chi connectivity index (χ1) is 25.6. The molecule has 0 fully saturated rings. The number of hydrogen-bond donors (Lipinski definition) is 0. The molecule has 0 spiro atoms. The highest BCUT2D eigenvalue weighted by molar-refractivity contribution is 6.17. The van der Waals surface area contributed by atoms with Crippen LogP contribution in [0.15, 0.2) is 176 Å². The van der Waals surface area contributed by atoms with Gasteiger partial charge in [0.05, 0.1) is 22.6 Å². The maximum atomic E-state index is 5.28. The van der Waals surface area contributed by atoms with Gasteiger partial charge in [-0.1, -0.05) is 163 Å². The Bertz CT molecular complexity index is 2650. The predicted octanol–water partition coefficient (Wildman–Crippen LogP) is 12.8. The summed E-state index contributed by atoms with van der Waals surface area (Å²) >= 11 is 0. The summed E-state index contributed by atoms with van der Waals surface area (Å²) in [6.45, 7) is 4.20. The van der Waals surface area contributed by atoms with Crippen molar-refractivity contribution >= 4 is 21.7 Å². The van der Waals surface area contributed by atoms with Gasteiger partial charge in [0.1, 0.15) is 0 Å². The van der Waals surface area contributed by atoms with Crippen molar-refractivity contribution in [1.29, 1.82) is 0 Å². The van der Waals surface area contributed by atoms with E-state index < -0.39 is 0 Å². The molecule has 9 aromatic rings. The van der Waals surface area contributed by atoms with Gasteiger partial charge in [-0.3, -0.25) is 0 Å². The molecule has 0 amide bonds. The molecule has 2 heterocycles. The number of aryl methyl sites for hydroxylation is 2. The molecular weight excluding hydrogens is 631 g/mol. The van der Waals surface area contributed by atoms with Crippen LogP contribution < -0.4 is 0 Å². The molecule has 246 valence electrons. The van der Waals surface area contributed by atoms with Gasteiger partial charge in [0.15, 0.2) is 5.82 Å². The smallest absolute Gasteiger partial charge is 0.160 e. The second-order valence-electron chi connectivity index (χ2n) is 13.4. The van der Waals surface area contributed by atoms with Crippen LogP contribution in [-0.4, -0.2) is 15.0 Å². The summed E-state index contributed by atoms with van der Waals surface area (Å²) in [6.07, 6.45) is 0. The number of benzene rings is 7. The average Bonchev–Trinajstić information content (AvgIpc) is 3.21. The van der Waals surface area contributed by atoms with E-state index in [1.54, 1.807) is 0 Å². The zero-order valence-electron chi connectivity index (χ0n) is 29.1. The summed E-state index contributed by atoms with van der Waals surface area (Å²) in [6, 6.07) is 62.2. The molecule has 7 aromatic carbocycles. The SMILES string of the molecule is Cc1ccc(-c2cc(-c3cccc(-c4ccc5nc(-c6ccccc6)c6cccc(-c7ccccc7)c6c5c4)c3)nc(-c3ccc(C)cc3)n2)cc1. The third kappa shape index (κ3) is 5.93. The number of aromatic nitrogens is 3. The second-order valence-corrected chi connectivity index (χ2v) is 13.4. The van der Waals surface area contributed by atoms with Crippen LogP contribution in [0.4, 0.5) is 0 Å². The van der Waals surface area contributed by atoms with Crippen LogP contribution in [0, 0.1) is 13.8 Å². The highest BCUT2D eigenvalue weighted by atomic mass is 14.9. The quantitative estimate of drug-likeness (QED) is 0.166. The number of rotatable bonds is 6. The normalized spacial score (nSPS) is 11.3. The second kappa shape index (κ2) is 13.2. The lowest BCUT2D eigenvalue weighted by Gasteiger charge is -2.15. The minimum atomic E-state index is 0.712. The third-order valence-electron chi connectivity index (χ3n) is 9.82. The summed E-state index contributed by atoms with van der Waals surface area (Å²) in [5, 5.41) is 3.47. The van der Waals surface area contributed by atoms with Gasteiger partial charge in [-0.15, -0.1) is 0 Å². The summed E-state index contributed by atoms with van der Waals surface area (Å²) in [5.41, 5.74) is 15.0. The van der Waals surface area contributed by atoms with E-state index in [9.17, 15) is 0 Å². The van der Waals surface area contributed by atoms with Gasteiger partial charge in [-0.25, -0.2) is 15.0 Å². The van der Waals surface area contributed by atoms with Crippen molar-refractivity contribution in [2.45, 2.75) is 13.8 Å². The van der Waals surface area contributed by atoms with E-state index in [0.29, 0.717) is 5.82 Å². The topological polar surface area (TPSA) is 38.7 Å². The van der Waals surface area contributed by atoms with Crippen molar-refractivity contribution in [3.8, 4) is 67.4 Å². The van der Waals surface area contributed by atoms with E-state index in [2.05, 4.69) is 190 Å². The molecule has 3 heteroatoms. The molecule has 0 saturated carbocycles. The fourth-order valence-corrected chi connectivity index (χ4v) is 7.07. The van der Waals surface area contributed by atoms with E-state index in [4.69, 9.17) is 15.0 Å². The summed E-state index contributed by atoms with van der Waals surface area (Å²) in [4.78, 5) is 15.5. The third-order valence-corrected chi connectivity index (χ3v) is 9.82. The molecule has 0 aliphatic heterocycles. The highest BCUT2D eigenvalue weighted by Gasteiger charge is 2.16. The van der Waals surface area contributed by atoms with Crippen LogP contribution in [0.2, 0.25) is 0 Å². The lowest BCUT2D eigenvalue weighted by atomic mass is 9.91. The molecule has 9 rings (SSSR count). The largest absolute Gasteiger partial charge is 0.247 e. The van der Waals surface area contributed by atoms with E-state index in [1.165, 1.54) is 27.6 Å². The molecule has 0 unspecified atom stereocenters. The van der Waals surface area contributed by atoms with Gasteiger partial charge in [0, 0.05) is 38.4 Å². The number of hydrogen-bond acceptors (Lipinski definition) is 3. The molecule has 0 bridgehead atoms. The van der Waals surface area contributed by atoms with Crippen molar-refractivity contribution in [3.05, 3.63) is 187 Å². The van der Waals surface area contributed by atoms with Gasteiger partial charge in [0.25, 0.3) is 0 Å². The van der Waals surface area contributed by atoms with E-state index in [0.717, 1.165) is 66.8 Å².